The molecule has 12 heavy (non-hydrogen) atoms. The Balaban J connectivity index is 3.42. The molecule has 0 aromatic carbocycles. The van der Waals surface area contributed by atoms with Crippen molar-refractivity contribution >= 4 is 0 Å². The Morgan fingerprint density at radius 3 is 2.58 bits per heavy atom. The van der Waals surface area contributed by atoms with E-state index in [9.17, 15) is 0 Å². The van der Waals surface area contributed by atoms with E-state index in [1.165, 1.54) is 0 Å². The van der Waals surface area contributed by atoms with Crippen LogP contribution in [0.15, 0.2) is 0 Å². The first-order valence-corrected chi connectivity index (χ1v) is 4.34. The van der Waals surface area contributed by atoms with E-state index in [4.69, 9.17) is 10.6 Å². The summed E-state index contributed by atoms with van der Waals surface area (Å²) in [5.41, 5.74) is 2.40. The summed E-state index contributed by atoms with van der Waals surface area (Å²) < 4.78 is 5.46. The zero-order valence-electron chi connectivity index (χ0n) is 8.31. The fraction of sp³-hybridized carbons (Fsp3) is 1.00. The molecular formula is C8H21N3O. The maximum atomic E-state index is 5.46. The van der Waals surface area contributed by atoms with Crippen molar-refractivity contribution in [3.8, 4) is 0 Å². The molecule has 0 bridgehead atoms. The average molecular weight is 175 g/mol. The minimum atomic E-state index is -0.0801. The lowest BCUT2D eigenvalue weighted by atomic mass is 10.0. The lowest BCUT2D eigenvalue weighted by molar-refractivity contribution is -0.0336. The molecule has 4 nitrogen and oxygen atoms in total. The van der Waals surface area contributed by atoms with E-state index in [-0.39, 0.29) is 5.60 Å². The number of ether oxygens (including phenoxy) is 1. The monoisotopic (exact) mass is 175 g/mol. The van der Waals surface area contributed by atoms with Gasteiger partial charge in [0.05, 0.1) is 5.60 Å². The van der Waals surface area contributed by atoms with Crippen molar-refractivity contribution in [2.45, 2.75) is 32.3 Å². The van der Waals surface area contributed by atoms with Gasteiger partial charge in [0.15, 0.2) is 0 Å². The van der Waals surface area contributed by atoms with Crippen LogP contribution in [0.3, 0.4) is 0 Å². The summed E-state index contributed by atoms with van der Waals surface area (Å²) >= 11 is 0. The smallest absolute Gasteiger partial charge is 0.109 e. The van der Waals surface area contributed by atoms with Crippen molar-refractivity contribution in [2.75, 3.05) is 20.3 Å². The van der Waals surface area contributed by atoms with Crippen molar-refractivity contribution in [2.24, 2.45) is 5.84 Å². The first-order chi connectivity index (χ1) is 5.62. The van der Waals surface area contributed by atoms with Gasteiger partial charge in [-0.3, -0.25) is 5.84 Å². The maximum Gasteiger partial charge on any atom is 0.109 e. The van der Waals surface area contributed by atoms with Gasteiger partial charge in [0.1, 0.15) is 6.73 Å². The van der Waals surface area contributed by atoms with E-state index in [1.807, 2.05) is 7.05 Å². The lowest BCUT2D eigenvalue weighted by Gasteiger charge is -2.24. The summed E-state index contributed by atoms with van der Waals surface area (Å²) in [6.07, 6.45) is 2.16. The quantitative estimate of drug-likeness (QED) is 0.224. The molecule has 0 saturated heterocycles. The summed E-state index contributed by atoms with van der Waals surface area (Å²) in [6, 6.07) is 0. The predicted molar refractivity (Wildman–Crippen MR) is 50.5 cm³/mol. The van der Waals surface area contributed by atoms with Gasteiger partial charge in [-0.1, -0.05) is 0 Å². The summed E-state index contributed by atoms with van der Waals surface area (Å²) in [5, 5.41) is 3.10. The summed E-state index contributed by atoms with van der Waals surface area (Å²) in [6.45, 7) is 5.58. The van der Waals surface area contributed by atoms with Gasteiger partial charge < -0.3 is 10.1 Å². The van der Waals surface area contributed by atoms with Gasteiger partial charge in [0.25, 0.3) is 0 Å². The summed E-state index contributed by atoms with van der Waals surface area (Å²) in [5.74, 6) is 5.10. The molecule has 0 atom stereocenters. The second-order valence-corrected chi connectivity index (χ2v) is 3.46. The van der Waals surface area contributed by atoms with E-state index >= 15 is 0 Å². The molecule has 0 amide bonds. The van der Waals surface area contributed by atoms with Crippen LogP contribution in [0.5, 0.6) is 0 Å². The third kappa shape index (κ3) is 6.54. The molecule has 0 saturated carbocycles. The van der Waals surface area contributed by atoms with Crippen LogP contribution < -0.4 is 16.6 Å². The average Bonchev–Trinajstić information content (AvgIpc) is 2.01. The molecule has 0 unspecified atom stereocenters. The summed E-state index contributed by atoms with van der Waals surface area (Å²) in [7, 11) is 1.95. The molecule has 74 valence electrons. The fourth-order valence-electron chi connectivity index (χ4n) is 1.00. The van der Waals surface area contributed by atoms with Crippen molar-refractivity contribution < 1.29 is 4.74 Å². The highest BCUT2D eigenvalue weighted by atomic mass is 16.5. The van der Waals surface area contributed by atoms with Gasteiger partial charge in [-0.05, 0) is 40.3 Å². The molecule has 0 aliphatic heterocycles. The standard InChI is InChI=1S/C8H21N3O/c1-8(2,12-7-11-9)5-4-6-10-3/h10-11H,4-7,9H2,1-3H3. The lowest BCUT2D eigenvalue weighted by Crippen LogP contribution is -2.34. The second-order valence-electron chi connectivity index (χ2n) is 3.46. The normalized spacial score (nSPS) is 12.0. The van der Waals surface area contributed by atoms with Crippen molar-refractivity contribution in [1.82, 2.24) is 10.7 Å². The van der Waals surface area contributed by atoms with E-state index in [0.717, 1.165) is 19.4 Å². The van der Waals surface area contributed by atoms with Gasteiger partial charge in [0.2, 0.25) is 0 Å². The largest absolute Gasteiger partial charge is 0.359 e. The Morgan fingerprint density at radius 1 is 1.42 bits per heavy atom. The van der Waals surface area contributed by atoms with E-state index < -0.39 is 0 Å². The molecule has 0 radical (unpaired) electrons. The predicted octanol–water partition coefficient (Wildman–Crippen LogP) is 0.202. The zero-order valence-corrected chi connectivity index (χ0v) is 8.31. The molecule has 0 aromatic rings. The number of hydrogen-bond acceptors (Lipinski definition) is 4. The van der Waals surface area contributed by atoms with Crippen LogP contribution in [-0.4, -0.2) is 25.9 Å². The molecular weight excluding hydrogens is 154 g/mol. The Morgan fingerprint density at radius 2 is 2.08 bits per heavy atom. The van der Waals surface area contributed by atoms with Crippen LogP contribution in [0.4, 0.5) is 0 Å². The first-order valence-electron chi connectivity index (χ1n) is 4.34. The van der Waals surface area contributed by atoms with Crippen LogP contribution in [-0.2, 0) is 4.74 Å². The number of rotatable bonds is 7. The number of hydrogen-bond donors (Lipinski definition) is 3. The van der Waals surface area contributed by atoms with Gasteiger partial charge in [-0.2, -0.15) is 0 Å². The fourth-order valence-corrected chi connectivity index (χ4v) is 1.00. The Hall–Kier alpha value is -0.160. The second kappa shape index (κ2) is 6.37. The molecule has 0 aliphatic rings. The SMILES string of the molecule is CNCCCC(C)(C)OCNN. The van der Waals surface area contributed by atoms with Crippen LogP contribution in [0.2, 0.25) is 0 Å². The van der Waals surface area contributed by atoms with Crippen LogP contribution in [0, 0.1) is 0 Å². The van der Waals surface area contributed by atoms with Gasteiger partial charge in [0, 0.05) is 0 Å². The van der Waals surface area contributed by atoms with Gasteiger partial charge in [-0.25, -0.2) is 5.43 Å². The highest BCUT2D eigenvalue weighted by Gasteiger charge is 2.16. The number of nitrogens with one attached hydrogen (secondary N) is 2. The van der Waals surface area contributed by atoms with Crippen molar-refractivity contribution in [3.63, 3.8) is 0 Å². The Bertz CT molecular complexity index is 106. The summed E-state index contributed by atoms with van der Waals surface area (Å²) in [4.78, 5) is 0. The molecule has 0 fully saturated rings. The zero-order chi connectivity index (χ0) is 9.45. The minimum absolute atomic E-state index is 0.0801. The molecule has 0 spiro atoms. The third-order valence-electron chi connectivity index (χ3n) is 1.75. The van der Waals surface area contributed by atoms with Gasteiger partial charge in [-0.15, -0.1) is 0 Å². The number of nitrogens with two attached hydrogens (primary N) is 1. The third-order valence-corrected chi connectivity index (χ3v) is 1.75. The van der Waals surface area contributed by atoms with Crippen molar-refractivity contribution in [3.05, 3.63) is 0 Å². The van der Waals surface area contributed by atoms with Crippen molar-refractivity contribution in [1.29, 1.82) is 0 Å². The van der Waals surface area contributed by atoms with Gasteiger partial charge >= 0.3 is 0 Å². The highest BCUT2D eigenvalue weighted by Crippen LogP contribution is 2.15. The Kier molecular flexibility index (Phi) is 6.28. The molecule has 0 rings (SSSR count). The molecule has 4 N–H and O–H groups in total. The number of hydrazine groups is 1. The van der Waals surface area contributed by atoms with Crippen LogP contribution in [0.1, 0.15) is 26.7 Å². The highest BCUT2D eigenvalue weighted by molar-refractivity contribution is 4.68. The molecule has 0 aliphatic carbocycles. The molecule has 0 aromatic heterocycles. The van der Waals surface area contributed by atoms with Crippen LogP contribution >= 0.6 is 0 Å². The van der Waals surface area contributed by atoms with E-state index in [1.54, 1.807) is 0 Å². The topological polar surface area (TPSA) is 59.3 Å². The van der Waals surface area contributed by atoms with Crippen LogP contribution in [0.25, 0.3) is 0 Å². The molecule has 0 heterocycles. The molecule has 4 heteroatoms. The first kappa shape index (κ1) is 11.8. The van der Waals surface area contributed by atoms with E-state index in [0.29, 0.717) is 6.73 Å². The van der Waals surface area contributed by atoms with E-state index in [2.05, 4.69) is 24.6 Å². The minimum Gasteiger partial charge on any atom is -0.359 e. The Labute approximate surface area is 74.8 Å². The maximum absolute atomic E-state index is 5.46.